The molecule has 0 unspecified atom stereocenters. The van der Waals surface area contributed by atoms with Crippen LogP contribution in [-0.4, -0.2) is 34.7 Å². The molecule has 3 heterocycles. The molecule has 0 fully saturated rings. The van der Waals surface area contributed by atoms with Gasteiger partial charge in [0, 0.05) is 34.9 Å². The van der Waals surface area contributed by atoms with Crippen molar-refractivity contribution in [2.24, 2.45) is 0 Å². The van der Waals surface area contributed by atoms with Crippen molar-refractivity contribution < 1.29 is 0 Å². The van der Waals surface area contributed by atoms with Crippen LogP contribution in [-0.2, 0) is 19.5 Å². The highest BCUT2D eigenvalue weighted by Gasteiger charge is 2.17. The van der Waals surface area contributed by atoms with E-state index in [0.29, 0.717) is 18.9 Å². The maximum absolute atomic E-state index is 13.5. The average molecular weight is 466 g/mol. The molecule has 35 heavy (non-hydrogen) atoms. The Labute approximate surface area is 203 Å². The molecule has 2 aromatic carbocycles. The molecule has 0 aliphatic carbocycles. The number of nitrogens with zero attached hydrogens (tertiary/aromatic N) is 6. The quantitative estimate of drug-likeness (QED) is 0.370. The zero-order chi connectivity index (χ0) is 24.2. The van der Waals surface area contributed by atoms with Gasteiger partial charge in [-0.05, 0) is 46.5 Å². The van der Waals surface area contributed by atoms with Gasteiger partial charge in [0.05, 0.1) is 13.1 Å². The van der Waals surface area contributed by atoms with Gasteiger partial charge in [0.25, 0.3) is 0 Å². The summed E-state index contributed by atoms with van der Waals surface area (Å²) in [4.78, 5) is 17.7. The third kappa shape index (κ3) is 4.55. The van der Waals surface area contributed by atoms with Crippen molar-refractivity contribution >= 4 is 0 Å². The first-order valence-corrected chi connectivity index (χ1v) is 11.8. The maximum Gasteiger partial charge on any atom is 0.329 e. The van der Waals surface area contributed by atoms with Gasteiger partial charge in [0.1, 0.15) is 0 Å². The van der Waals surface area contributed by atoms with E-state index in [1.165, 1.54) is 0 Å². The number of aromatic amines is 1. The number of nitrogens with one attached hydrogen (secondary N) is 1. The first kappa shape index (κ1) is 22.5. The molecule has 0 saturated heterocycles. The number of imidazole rings is 1. The second kappa shape index (κ2) is 9.89. The number of tetrazole rings is 1. The molecule has 1 N–H and O–H groups in total. The predicted molar refractivity (Wildman–Crippen MR) is 135 cm³/mol. The van der Waals surface area contributed by atoms with Crippen LogP contribution >= 0.6 is 0 Å². The summed E-state index contributed by atoms with van der Waals surface area (Å²) in [6, 6.07) is 20.3. The molecule has 3 aromatic heterocycles. The first-order chi connectivity index (χ1) is 17.2. The van der Waals surface area contributed by atoms with Crippen molar-refractivity contribution in [2.75, 3.05) is 0 Å². The number of H-pyrrole nitrogens is 1. The highest BCUT2D eigenvalue weighted by Crippen LogP contribution is 2.29. The smallest absolute Gasteiger partial charge is 0.292 e. The Balaban J connectivity index is 1.45. The Bertz CT molecular complexity index is 1470. The van der Waals surface area contributed by atoms with Gasteiger partial charge in [-0.25, -0.2) is 9.89 Å². The Morgan fingerprint density at radius 2 is 1.63 bits per heavy atom. The van der Waals surface area contributed by atoms with Crippen LogP contribution in [0.5, 0.6) is 0 Å². The van der Waals surface area contributed by atoms with Crippen molar-refractivity contribution in [1.82, 2.24) is 34.7 Å². The van der Waals surface area contributed by atoms with Crippen LogP contribution in [0, 0.1) is 6.92 Å². The highest BCUT2D eigenvalue weighted by atomic mass is 16.1. The fourth-order valence-electron chi connectivity index (χ4n) is 4.50. The van der Waals surface area contributed by atoms with Crippen LogP contribution < -0.4 is 5.69 Å². The van der Waals surface area contributed by atoms with Gasteiger partial charge in [-0.2, -0.15) is 0 Å². The van der Waals surface area contributed by atoms with E-state index in [1.807, 2.05) is 39.6 Å². The van der Waals surface area contributed by atoms with E-state index in [4.69, 9.17) is 0 Å². The third-order valence-electron chi connectivity index (χ3n) is 6.31. The number of hydrogen-bond acceptors (Lipinski definition) is 5. The summed E-state index contributed by atoms with van der Waals surface area (Å²) in [5, 5.41) is 14.2. The molecule has 0 bridgehead atoms. The molecular weight excluding hydrogens is 438 g/mol. The lowest BCUT2D eigenvalue weighted by Crippen LogP contribution is -2.26. The summed E-state index contributed by atoms with van der Waals surface area (Å²) < 4.78 is 3.81. The molecular formula is C27H27N7O. The highest BCUT2D eigenvalue weighted by molar-refractivity contribution is 5.79. The molecule has 0 radical (unpaired) electrons. The Morgan fingerprint density at radius 3 is 2.34 bits per heavy atom. The Kier molecular flexibility index (Phi) is 6.34. The molecule has 8 heteroatoms. The molecule has 8 nitrogen and oxygen atoms in total. The molecule has 176 valence electrons. The van der Waals surface area contributed by atoms with Gasteiger partial charge >= 0.3 is 5.69 Å². The van der Waals surface area contributed by atoms with E-state index in [2.05, 4.69) is 75.9 Å². The van der Waals surface area contributed by atoms with Crippen LogP contribution in [0.4, 0.5) is 0 Å². The summed E-state index contributed by atoms with van der Waals surface area (Å²) in [6.07, 6.45) is 5.38. The number of pyridine rings is 1. The van der Waals surface area contributed by atoms with Gasteiger partial charge in [-0.1, -0.05) is 67.9 Å². The van der Waals surface area contributed by atoms with E-state index in [1.54, 1.807) is 6.20 Å². The van der Waals surface area contributed by atoms with Gasteiger partial charge in [0.2, 0.25) is 0 Å². The topological polar surface area (TPSA) is 94.3 Å². The van der Waals surface area contributed by atoms with E-state index in [-0.39, 0.29) is 5.69 Å². The van der Waals surface area contributed by atoms with Gasteiger partial charge in [-0.15, -0.1) is 5.10 Å². The number of rotatable bonds is 8. The predicted octanol–water partition coefficient (Wildman–Crippen LogP) is 4.25. The lowest BCUT2D eigenvalue weighted by Gasteiger charge is -2.10. The summed E-state index contributed by atoms with van der Waals surface area (Å²) in [7, 11) is 0. The number of aromatic nitrogens is 7. The monoisotopic (exact) mass is 465 g/mol. The minimum Gasteiger partial charge on any atom is -0.292 e. The molecule has 0 aliphatic heterocycles. The fraction of sp³-hybridized carbons (Fsp3) is 0.222. The zero-order valence-corrected chi connectivity index (χ0v) is 19.8. The van der Waals surface area contributed by atoms with Crippen LogP contribution in [0.25, 0.3) is 22.5 Å². The maximum atomic E-state index is 13.5. The van der Waals surface area contributed by atoms with Gasteiger partial charge in [-0.3, -0.25) is 14.1 Å². The average Bonchev–Trinajstić information content (AvgIpc) is 3.51. The van der Waals surface area contributed by atoms with E-state index in [9.17, 15) is 4.79 Å². The Morgan fingerprint density at radius 1 is 0.886 bits per heavy atom. The van der Waals surface area contributed by atoms with Gasteiger partial charge < -0.3 is 0 Å². The lowest BCUT2D eigenvalue weighted by atomic mass is 10.0. The normalized spacial score (nSPS) is 11.1. The van der Waals surface area contributed by atoms with Crippen molar-refractivity contribution in [3.8, 4) is 22.5 Å². The van der Waals surface area contributed by atoms with Crippen molar-refractivity contribution in [2.45, 2.75) is 39.8 Å². The molecule has 0 spiro atoms. The summed E-state index contributed by atoms with van der Waals surface area (Å²) in [6.45, 7) is 5.31. The van der Waals surface area contributed by atoms with Crippen molar-refractivity contribution in [3.05, 3.63) is 106 Å². The minimum atomic E-state index is 0.0336. The first-order valence-electron chi connectivity index (χ1n) is 11.8. The second-order valence-corrected chi connectivity index (χ2v) is 8.59. The summed E-state index contributed by atoms with van der Waals surface area (Å²) in [5.41, 5.74) is 7.19. The summed E-state index contributed by atoms with van der Waals surface area (Å²) >= 11 is 0. The van der Waals surface area contributed by atoms with Gasteiger partial charge in [0.15, 0.2) is 5.82 Å². The molecule has 5 rings (SSSR count). The standard InChI is InChI=1S/C27H27N7O/c1-3-7-25-19(2)33(17-20-8-5-4-6-9-20)27(35)34(25)18-21-10-12-22(13-11-21)24-16-28-15-14-23(24)26-29-31-32-30-26/h4-6,8-16H,3,7,17-18H2,1-2H3,(H,29,30,31,32). The fourth-order valence-corrected chi connectivity index (χ4v) is 4.50. The van der Waals surface area contributed by atoms with E-state index < -0.39 is 0 Å². The van der Waals surface area contributed by atoms with Crippen molar-refractivity contribution in [1.29, 1.82) is 0 Å². The zero-order valence-electron chi connectivity index (χ0n) is 19.8. The second-order valence-electron chi connectivity index (χ2n) is 8.59. The molecule has 0 aliphatic rings. The van der Waals surface area contributed by atoms with E-state index >= 15 is 0 Å². The van der Waals surface area contributed by atoms with Crippen LogP contribution in [0.3, 0.4) is 0 Å². The number of benzene rings is 2. The number of hydrogen-bond donors (Lipinski definition) is 1. The minimum absolute atomic E-state index is 0.0336. The molecule has 0 saturated carbocycles. The molecule has 5 aromatic rings. The van der Waals surface area contributed by atoms with Crippen LogP contribution in [0.15, 0.2) is 77.9 Å². The van der Waals surface area contributed by atoms with Crippen LogP contribution in [0.2, 0.25) is 0 Å². The largest absolute Gasteiger partial charge is 0.329 e. The Hall–Kier alpha value is -4.33. The molecule has 0 amide bonds. The third-order valence-corrected chi connectivity index (χ3v) is 6.31. The van der Waals surface area contributed by atoms with Crippen LogP contribution in [0.1, 0.15) is 35.9 Å². The molecule has 0 atom stereocenters. The van der Waals surface area contributed by atoms with Crippen molar-refractivity contribution in [3.63, 3.8) is 0 Å². The summed E-state index contributed by atoms with van der Waals surface area (Å²) in [5.74, 6) is 0.595. The van der Waals surface area contributed by atoms with E-state index in [0.717, 1.165) is 52.0 Å². The lowest BCUT2D eigenvalue weighted by molar-refractivity contribution is 0.662. The SMILES string of the molecule is CCCc1c(C)n(Cc2ccccc2)c(=O)n1Cc1ccc(-c2cnccc2-c2nnn[nH]2)cc1.